The first-order valence-electron chi connectivity index (χ1n) is 7.29. The fourth-order valence-corrected chi connectivity index (χ4v) is 2.25. The Morgan fingerprint density at radius 1 is 0.783 bits per heavy atom. The molecule has 0 saturated carbocycles. The van der Waals surface area contributed by atoms with E-state index in [4.69, 9.17) is 4.74 Å². The van der Waals surface area contributed by atoms with Crippen molar-refractivity contribution >= 4 is 5.97 Å². The number of carbonyl (C=O) groups excluding carboxylic acids is 1. The zero-order chi connectivity index (χ0) is 16.1. The zero-order valence-corrected chi connectivity index (χ0v) is 12.4. The standard InChI is InChI=1S/C20H15FO2/c21-19-12-10-17(11-13-19)16-6-8-18(9-7-16)20(22)23-14-15-4-2-1-3-5-15/h1-13H,14H2. The van der Waals surface area contributed by atoms with E-state index in [2.05, 4.69) is 0 Å². The van der Waals surface area contributed by atoms with Gasteiger partial charge in [0.25, 0.3) is 0 Å². The summed E-state index contributed by atoms with van der Waals surface area (Å²) in [6.07, 6.45) is 0. The van der Waals surface area contributed by atoms with Crippen molar-refractivity contribution < 1.29 is 13.9 Å². The molecule has 3 heteroatoms. The van der Waals surface area contributed by atoms with Crippen LogP contribution in [0, 0.1) is 5.82 Å². The summed E-state index contributed by atoms with van der Waals surface area (Å²) in [6.45, 7) is 0.249. The van der Waals surface area contributed by atoms with E-state index in [1.807, 2.05) is 42.5 Å². The molecule has 3 rings (SSSR count). The maximum atomic E-state index is 12.9. The molecular weight excluding hydrogens is 291 g/mol. The lowest BCUT2D eigenvalue weighted by molar-refractivity contribution is 0.0473. The van der Waals surface area contributed by atoms with E-state index in [1.54, 1.807) is 24.3 Å². The monoisotopic (exact) mass is 306 g/mol. The molecule has 0 bridgehead atoms. The summed E-state index contributed by atoms with van der Waals surface area (Å²) in [5.41, 5.74) is 3.26. The minimum Gasteiger partial charge on any atom is -0.457 e. The second-order valence-electron chi connectivity index (χ2n) is 5.15. The van der Waals surface area contributed by atoms with Crippen LogP contribution >= 0.6 is 0 Å². The van der Waals surface area contributed by atoms with Gasteiger partial charge >= 0.3 is 5.97 Å². The molecule has 0 N–H and O–H groups in total. The maximum absolute atomic E-state index is 12.9. The van der Waals surface area contributed by atoms with Gasteiger partial charge in [-0.1, -0.05) is 54.6 Å². The third kappa shape index (κ3) is 3.83. The van der Waals surface area contributed by atoms with Gasteiger partial charge in [0.1, 0.15) is 12.4 Å². The Balaban J connectivity index is 1.67. The van der Waals surface area contributed by atoms with Crippen LogP contribution in [0.15, 0.2) is 78.9 Å². The number of hydrogen-bond acceptors (Lipinski definition) is 2. The summed E-state index contributed by atoms with van der Waals surface area (Å²) in [5.74, 6) is -0.630. The Morgan fingerprint density at radius 2 is 1.35 bits per heavy atom. The molecule has 2 nitrogen and oxygen atoms in total. The van der Waals surface area contributed by atoms with Gasteiger partial charge in [-0.2, -0.15) is 0 Å². The highest BCUT2D eigenvalue weighted by molar-refractivity contribution is 5.90. The molecule has 0 aliphatic heterocycles. The van der Waals surface area contributed by atoms with Crippen LogP contribution in [0.5, 0.6) is 0 Å². The van der Waals surface area contributed by atoms with Crippen LogP contribution in [-0.4, -0.2) is 5.97 Å². The fourth-order valence-electron chi connectivity index (χ4n) is 2.25. The quantitative estimate of drug-likeness (QED) is 0.644. The molecule has 0 unspecified atom stereocenters. The number of rotatable bonds is 4. The third-order valence-electron chi connectivity index (χ3n) is 3.51. The Hall–Kier alpha value is -2.94. The minimum atomic E-state index is -0.362. The van der Waals surface area contributed by atoms with Crippen molar-refractivity contribution in [3.63, 3.8) is 0 Å². The molecule has 0 aliphatic rings. The van der Waals surface area contributed by atoms with E-state index in [0.29, 0.717) is 5.56 Å². The second kappa shape index (κ2) is 6.88. The number of carbonyl (C=O) groups is 1. The summed E-state index contributed by atoms with van der Waals surface area (Å²) in [5, 5.41) is 0. The van der Waals surface area contributed by atoms with Gasteiger partial charge in [0.05, 0.1) is 5.56 Å². The number of halogens is 1. The summed E-state index contributed by atoms with van der Waals surface area (Å²) in [7, 11) is 0. The Kier molecular flexibility index (Phi) is 4.48. The van der Waals surface area contributed by atoms with Crippen molar-refractivity contribution in [3.05, 3.63) is 95.8 Å². The van der Waals surface area contributed by atoms with Gasteiger partial charge in [-0.15, -0.1) is 0 Å². The highest BCUT2D eigenvalue weighted by atomic mass is 19.1. The molecule has 0 atom stereocenters. The van der Waals surface area contributed by atoms with E-state index in [9.17, 15) is 9.18 Å². The molecule has 0 spiro atoms. The summed E-state index contributed by atoms with van der Waals surface area (Å²) in [6, 6.07) is 22.9. The van der Waals surface area contributed by atoms with E-state index >= 15 is 0 Å². The lowest BCUT2D eigenvalue weighted by atomic mass is 10.0. The van der Waals surface area contributed by atoms with Gasteiger partial charge in [0, 0.05) is 0 Å². The first-order valence-corrected chi connectivity index (χ1v) is 7.29. The molecular formula is C20H15FO2. The van der Waals surface area contributed by atoms with Gasteiger partial charge in [-0.05, 0) is 41.0 Å². The van der Waals surface area contributed by atoms with Crippen LogP contribution in [0.2, 0.25) is 0 Å². The Morgan fingerprint density at radius 3 is 1.96 bits per heavy atom. The normalized spacial score (nSPS) is 10.3. The molecule has 3 aromatic rings. The molecule has 0 radical (unpaired) electrons. The molecule has 0 saturated heterocycles. The predicted molar refractivity (Wildman–Crippen MR) is 87.4 cm³/mol. The molecule has 0 aromatic heterocycles. The van der Waals surface area contributed by atoms with Crippen molar-refractivity contribution in [3.8, 4) is 11.1 Å². The van der Waals surface area contributed by atoms with Gasteiger partial charge < -0.3 is 4.74 Å². The minimum absolute atomic E-state index is 0.249. The van der Waals surface area contributed by atoms with Crippen LogP contribution in [-0.2, 0) is 11.3 Å². The predicted octanol–water partition coefficient (Wildman–Crippen LogP) is 4.85. The topological polar surface area (TPSA) is 26.3 Å². The van der Waals surface area contributed by atoms with Crippen molar-refractivity contribution in [1.82, 2.24) is 0 Å². The average molecular weight is 306 g/mol. The Bertz CT molecular complexity index is 778. The molecule has 0 amide bonds. The first kappa shape index (κ1) is 15.0. The summed E-state index contributed by atoms with van der Waals surface area (Å²) in [4.78, 5) is 12.0. The molecule has 0 heterocycles. The summed E-state index contributed by atoms with van der Waals surface area (Å²) >= 11 is 0. The zero-order valence-electron chi connectivity index (χ0n) is 12.4. The van der Waals surface area contributed by atoms with E-state index < -0.39 is 0 Å². The number of hydrogen-bond donors (Lipinski definition) is 0. The van der Waals surface area contributed by atoms with Crippen LogP contribution in [0.4, 0.5) is 4.39 Å². The second-order valence-corrected chi connectivity index (χ2v) is 5.15. The Labute approximate surface area is 134 Å². The van der Waals surface area contributed by atoms with Crippen LogP contribution in [0.25, 0.3) is 11.1 Å². The smallest absolute Gasteiger partial charge is 0.338 e. The van der Waals surface area contributed by atoms with Crippen LogP contribution in [0.3, 0.4) is 0 Å². The molecule has 0 aliphatic carbocycles. The number of benzene rings is 3. The van der Waals surface area contributed by atoms with Gasteiger partial charge in [0.2, 0.25) is 0 Å². The maximum Gasteiger partial charge on any atom is 0.338 e. The van der Waals surface area contributed by atoms with Gasteiger partial charge in [0.15, 0.2) is 0 Å². The molecule has 0 fully saturated rings. The molecule has 3 aromatic carbocycles. The third-order valence-corrected chi connectivity index (χ3v) is 3.51. The molecule has 23 heavy (non-hydrogen) atoms. The molecule has 114 valence electrons. The van der Waals surface area contributed by atoms with E-state index in [0.717, 1.165) is 16.7 Å². The highest BCUT2D eigenvalue weighted by Gasteiger charge is 2.08. The van der Waals surface area contributed by atoms with Crippen molar-refractivity contribution in [1.29, 1.82) is 0 Å². The number of ether oxygens (including phenoxy) is 1. The van der Waals surface area contributed by atoms with Gasteiger partial charge in [-0.25, -0.2) is 9.18 Å². The van der Waals surface area contributed by atoms with Crippen molar-refractivity contribution in [2.24, 2.45) is 0 Å². The summed E-state index contributed by atoms with van der Waals surface area (Å²) < 4.78 is 18.2. The largest absolute Gasteiger partial charge is 0.457 e. The van der Waals surface area contributed by atoms with Crippen LogP contribution < -0.4 is 0 Å². The van der Waals surface area contributed by atoms with E-state index in [1.165, 1.54) is 12.1 Å². The number of esters is 1. The van der Waals surface area contributed by atoms with Crippen molar-refractivity contribution in [2.75, 3.05) is 0 Å². The van der Waals surface area contributed by atoms with Crippen LogP contribution in [0.1, 0.15) is 15.9 Å². The fraction of sp³-hybridized carbons (Fsp3) is 0.0500. The highest BCUT2D eigenvalue weighted by Crippen LogP contribution is 2.20. The van der Waals surface area contributed by atoms with E-state index in [-0.39, 0.29) is 18.4 Å². The van der Waals surface area contributed by atoms with Gasteiger partial charge in [-0.3, -0.25) is 0 Å². The lowest BCUT2D eigenvalue weighted by Crippen LogP contribution is -2.05. The average Bonchev–Trinajstić information content (AvgIpc) is 2.61. The van der Waals surface area contributed by atoms with Crippen molar-refractivity contribution in [2.45, 2.75) is 6.61 Å². The SMILES string of the molecule is O=C(OCc1ccccc1)c1ccc(-c2ccc(F)cc2)cc1. The lowest BCUT2D eigenvalue weighted by Gasteiger charge is -2.06. The first-order chi connectivity index (χ1) is 11.2.